The molecule has 0 N–H and O–H groups in total. The van der Waals surface area contributed by atoms with Gasteiger partial charge in [0.1, 0.15) is 6.04 Å². The highest BCUT2D eigenvalue weighted by Gasteiger charge is 2.43. The van der Waals surface area contributed by atoms with Crippen LogP contribution >= 0.6 is 11.8 Å². The summed E-state index contributed by atoms with van der Waals surface area (Å²) in [4.78, 5) is 14.7. The van der Waals surface area contributed by atoms with E-state index in [2.05, 4.69) is 58.1 Å². The molecule has 2 aromatic rings. The molecule has 3 aliphatic heterocycles. The third-order valence-corrected chi connectivity index (χ3v) is 6.94. The van der Waals surface area contributed by atoms with Crippen molar-refractivity contribution in [2.75, 3.05) is 24.5 Å². The molecule has 5 heteroatoms. The maximum atomic E-state index is 5.07. The summed E-state index contributed by atoms with van der Waals surface area (Å²) < 4.78 is 0. The monoisotopic (exact) mass is 378 g/mol. The summed E-state index contributed by atoms with van der Waals surface area (Å²) in [5.74, 6) is 0. The molecule has 2 fully saturated rings. The van der Waals surface area contributed by atoms with E-state index < -0.39 is 0 Å². The third kappa shape index (κ3) is 3.22. The summed E-state index contributed by atoms with van der Waals surface area (Å²) in [7, 11) is 0. The van der Waals surface area contributed by atoms with Crippen molar-refractivity contribution in [2.45, 2.75) is 43.5 Å². The highest BCUT2D eigenvalue weighted by atomic mass is 32.2. The Kier molecular flexibility index (Phi) is 4.56. The first-order valence-corrected chi connectivity index (χ1v) is 10.9. The average molecular weight is 379 g/mol. The van der Waals surface area contributed by atoms with E-state index in [-0.39, 0.29) is 12.1 Å². The van der Waals surface area contributed by atoms with Crippen molar-refractivity contribution in [3.8, 4) is 0 Å². The maximum absolute atomic E-state index is 5.07. The molecular weight excluding hydrogens is 352 g/mol. The van der Waals surface area contributed by atoms with Crippen molar-refractivity contribution in [3.05, 3.63) is 59.9 Å². The molecule has 0 radical (unpaired) electrons. The Morgan fingerprint density at radius 1 is 1.00 bits per heavy atom. The number of pyridine rings is 1. The summed E-state index contributed by atoms with van der Waals surface area (Å²) in [6.07, 6.45) is 5.87. The van der Waals surface area contributed by atoms with Gasteiger partial charge in [-0.3, -0.25) is 9.98 Å². The fourth-order valence-electron chi connectivity index (χ4n) is 4.51. The molecule has 2 saturated heterocycles. The van der Waals surface area contributed by atoms with Gasteiger partial charge in [0, 0.05) is 36.8 Å². The standard InChI is InChI=1S/C22H26N4S/c1-16-15-26-21(20(24-22(26)27-16)19-7-3-4-12-23-19)17-8-10-18(11-9-17)25-13-5-2-6-14-25/h3-4,7-12,16,20-21H,2,5-6,13-15H2,1H3/t16-,20-,21+/m1/s1. The lowest BCUT2D eigenvalue weighted by Gasteiger charge is -2.30. The van der Waals surface area contributed by atoms with Gasteiger partial charge < -0.3 is 9.80 Å². The average Bonchev–Trinajstić information content (AvgIpc) is 3.25. The summed E-state index contributed by atoms with van der Waals surface area (Å²) in [5.41, 5.74) is 3.77. The Morgan fingerprint density at radius 3 is 2.56 bits per heavy atom. The molecule has 0 spiro atoms. The largest absolute Gasteiger partial charge is 0.372 e. The smallest absolute Gasteiger partial charge is 0.160 e. The van der Waals surface area contributed by atoms with Crippen molar-refractivity contribution in [1.82, 2.24) is 9.88 Å². The fourth-order valence-corrected chi connectivity index (χ4v) is 5.61. The van der Waals surface area contributed by atoms with Crippen LogP contribution in [-0.4, -0.2) is 39.9 Å². The van der Waals surface area contributed by atoms with Crippen molar-refractivity contribution in [1.29, 1.82) is 0 Å². The number of anilines is 1. The van der Waals surface area contributed by atoms with Crippen molar-refractivity contribution >= 4 is 22.6 Å². The Labute approximate surface area is 165 Å². The second kappa shape index (κ2) is 7.19. The van der Waals surface area contributed by atoms with Crippen LogP contribution in [0.15, 0.2) is 53.7 Å². The predicted octanol–water partition coefficient (Wildman–Crippen LogP) is 4.66. The lowest BCUT2D eigenvalue weighted by atomic mass is 9.96. The molecule has 0 aliphatic carbocycles. The number of hydrogen-bond acceptors (Lipinski definition) is 5. The van der Waals surface area contributed by atoms with E-state index in [1.807, 2.05) is 24.0 Å². The first-order valence-electron chi connectivity index (χ1n) is 10.1. The second-order valence-electron chi connectivity index (χ2n) is 7.78. The van der Waals surface area contributed by atoms with Crippen molar-refractivity contribution < 1.29 is 0 Å². The van der Waals surface area contributed by atoms with Crippen molar-refractivity contribution in [3.63, 3.8) is 0 Å². The van der Waals surface area contributed by atoms with E-state index >= 15 is 0 Å². The quantitative estimate of drug-likeness (QED) is 0.777. The molecule has 140 valence electrons. The van der Waals surface area contributed by atoms with E-state index in [0.29, 0.717) is 5.25 Å². The molecular formula is C22H26N4S. The van der Waals surface area contributed by atoms with Gasteiger partial charge in [-0.25, -0.2) is 0 Å². The van der Waals surface area contributed by atoms with Gasteiger partial charge in [-0.15, -0.1) is 0 Å². The number of piperidine rings is 1. The highest BCUT2D eigenvalue weighted by Crippen LogP contribution is 2.47. The molecule has 0 bridgehead atoms. The van der Waals surface area contributed by atoms with Crippen molar-refractivity contribution in [2.24, 2.45) is 4.99 Å². The van der Waals surface area contributed by atoms with Crippen LogP contribution in [0, 0.1) is 0 Å². The van der Waals surface area contributed by atoms with E-state index in [9.17, 15) is 0 Å². The number of aromatic nitrogens is 1. The number of benzene rings is 1. The Hall–Kier alpha value is -2.01. The normalized spacial score (nSPS) is 27.6. The Balaban J connectivity index is 1.46. The summed E-state index contributed by atoms with van der Waals surface area (Å²) in [6, 6.07) is 15.7. The topological polar surface area (TPSA) is 31.7 Å². The summed E-state index contributed by atoms with van der Waals surface area (Å²) in [6.45, 7) is 5.73. The predicted molar refractivity (Wildman–Crippen MR) is 113 cm³/mol. The third-order valence-electron chi connectivity index (χ3n) is 5.84. The SMILES string of the molecule is C[C@@H]1CN2C(=N[C@H](c3ccccn3)[C@@H]2c2ccc(N3CCCCC3)cc2)S1. The fraction of sp³-hybridized carbons (Fsp3) is 0.455. The van der Waals surface area contributed by atoms with E-state index in [1.54, 1.807) is 0 Å². The van der Waals surface area contributed by atoms with E-state index in [0.717, 1.165) is 12.2 Å². The number of fused-ring (bicyclic) bond motifs is 1. The molecule has 4 nitrogen and oxygen atoms in total. The minimum absolute atomic E-state index is 0.0852. The van der Waals surface area contributed by atoms with Gasteiger partial charge in [-0.2, -0.15) is 0 Å². The molecule has 4 heterocycles. The van der Waals surface area contributed by atoms with Gasteiger partial charge in [0.25, 0.3) is 0 Å². The zero-order valence-electron chi connectivity index (χ0n) is 15.8. The minimum Gasteiger partial charge on any atom is -0.372 e. The van der Waals surface area contributed by atoms with E-state index in [1.165, 1.54) is 48.8 Å². The summed E-state index contributed by atoms with van der Waals surface area (Å²) >= 11 is 1.90. The first-order chi connectivity index (χ1) is 13.3. The van der Waals surface area contributed by atoms with Gasteiger partial charge in [0.2, 0.25) is 0 Å². The lowest BCUT2D eigenvalue weighted by molar-refractivity contribution is 0.321. The van der Waals surface area contributed by atoms with Gasteiger partial charge in [0.15, 0.2) is 5.17 Å². The zero-order chi connectivity index (χ0) is 18.2. The van der Waals surface area contributed by atoms with E-state index in [4.69, 9.17) is 4.99 Å². The van der Waals surface area contributed by atoms with Crippen LogP contribution in [0.3, 0.4) is 0 Å². The number of aliphatic imine (C=N–C) groups is 1. The summed E-state index contributed by atoms with van der Waals surface area (Å²) in [5, 5.41) is 1.78. The molecule has 27 heavy (non-hydrogen) atoms. The second-order valence-corrected chi connectivity index (χ2v) is 9.18. The molecule has 1 aromatic heterocycles. The minimum atomic E-state index is 0.0852. The maximum Gasteiger partial charge on any atom is 0.160 e. The number of nitrogens with zero attached hydrogens (tertiary/aromatic N) is 4. The molecule has 0 saturated carbocycles. The Bertz CT molecular complexity index is 814. The van der Waals surface area contributed by atoms with Crippen LogP contribution in [0.2, 0.25) is 0 Å². The van der Waals surface area contributed by atoms with Gasteiger partial charge >= 0.3 is 0 Å². The number of rotatable bonds is 3. The highest BCUT2D eigenvalue weighted by molar-refractivity contribution is 8.14. The molecule has 0 unspecified atom stereocenters. The van der Waals surface area contributed by atoms with Crippen LogP contribution in [0.4, 0.5) is 5.69 Å². The van der Waals surface area contributed by atoms with Gasteiger partial charge in [0.05, 0.1) is 11.7 Å². The van der Waals surface area contributed by atoms with Crippen LogP contribution in [0.5, 0.6) is 0 Å². The molecule has 3 aliphatic rings. The molecule has 3 atom stereocenters. The van der Waals surface area contributed by atoms with Gasteiger partial charge in [-0.05, 0) is 49.1 Å². The van der Waals surface area contributed by atoms with Crippen LogP contribution in [0.25, 0.3) is 0 Å². The zero-order valence-corrected chi connectivity index (χ0v) is 16.6. The molecule has 0 amide bonds. The number of amidine groups is 1. The van der Waals surface area contributed by atoms with Crippen LogP contribution in [0.1, 0.15) is 49.5 Å². The molecule has 1 aromatic carbocycles. The molecule has 5 rings (SSSR count). The number of thioether (sulfide) groups is 1. The van der Waals surface area contributed by atoms with Crippen LogP contribution in [-0.2, 0) is 0 Å². The van der Waals surface area contributed by atoms with Gasteiger partial charge in [-0.1, -0.05) is 36.9 Å². The lowest BCUT2D eigenvalue weighted by Crippen LogP contribution is -2.30. The number of hydrogen-bond donors (Lipinski definition) is 0. The Morgan fingerprint density at radius 2 is 1.81 bits per heavy atom. The van der Waals surface area contributed by atoms with Crippen LogP contribution < -0.4 is 4.90 Å². The first kappa shape index (κ1) is 17.1.